The fourth-order valence-corrected chi connectivity index (χ4v) is 3.19. The van der Waals surface area contributed by atoms with E-state index >= 15 is 0 Å². The first-order chi connectivity index (χ1) is 12.2. The van der Waals surface area contributed by atoms with Gasteiger partial charge in [-0.15, -0.1) is 0 Å². The molecule has 0 unspecified atom stereocenters. The van der Waals surface area contributed by atoms with Crippen LogP contribution in [0.2, 0.25) is 0 Å². The molecule has 5 nitrogen and oxygen atoms in total. The molecule has 1 aliphatic rings. The predicted octanol–water partition coefficient (Wildman–Crippen LogP) is 3.69. The van der Waals surface area contributed by atoms with Gasteiger partial charge >= 0.3 is 0 Å². The average molecular weight is 340 g/mol. The van der Waals surface area contributed by atoms with E-state index in [9.17, 15) is 0 Å². The van der Waals surface area contributed by atoms with Crippen LogP contribution in [0.25, 0.3) is 11.5 Å². The maximum atomic E-state index is 5.61. The van der Waals surface area contributed by atoms with Gasteiger partial charge in [-0.3, -0.25) is 4.99 Å². The van der Waals surface area contributed by atoms with Crippen molar-refractivity contribution in [1.29, 1.82) is 0 Å². The molecule has 2 aromatic rings. The molecular weight excluding hydrogens is 312 g/mol. The topological polar surface area (TPSA) is 62.5 Å². The minimum absolute atomic E-state index is 0.556. The molecule has 1 aromatic heterocycles. The van der Waals surface area contributed by atoms with E-state index in [1.807, 2.05) is 19.2 Å². The molecule has 25 heavy (non-hydrogen) atoms. The van der Waals surface area contributed by atoms with E-state index in [4.69, 9.17) is 4.42 Å². The Balaban J connectivity index is 1.47. The third kappa shape index (κ3) is 5.08. The number of hydrogen-bond acceptors (Lipinski definition) is 3. The highest BCUT2D eigenvalue weighted by atomic mass is 16.3. The first kappa shape index (κ1) is 17.5. The standard InChI is InChI=1S/C20H28N4O/c1-15-8-10-16(11-9-15)19-23-18(14-25-19)12-13-22-20(21-2)24-17-6-4-3-5-7-17/h8-11,14,17H,3-7,12-13H2,1-2H3,(H2,21,22,24). The Kier molecular flexibility index (Phi) is 6.09. The second-order valence-corrected chi connectivity index (χ2v) is 6.74. The Bertz CT molecular complexity index is 684. The third-order valence-corrected chi connectivity index (χ3v) is 4.69. The third-order valence-electron chi connectivity index (χ3n) is 4.69. The summed E-state index contributed by atoms with van der Waals surface area (Å²) in [5, 5.41) is 6.90. The van der Waals surface area contributed by atoms with Crippen molar-refractivity contribution in [2.75, 3.05) is 13.6 Å². The molecule has 134 valence electrons. The van der Waals surface area contributed by atoms with Crippen LogP contribution in [0.15, 0.2) is 39.9 Å². The summed E-state index contributed by atoms with van der Waals surface area (Å²) in [6.45, 7) is 2.86. The van der Waals surface area contributed by atoms with E-state index < -0.39 is 0 Å². The Hall–Kier alpha value is -2.30. The number of rotatable bonds is 5. The number of oxazole rings is 1. The number of aromatic nitrogens is 1. The number of nitrogens with one attached hydrogen (secondary N) is 2. The molecule has 0 amide bonds. The van der Waals surface area contributed by atoms with Gasteiger partial charge < -0.3 is 15.1 Å². The summed E-state index contributed by atoms with van der Waals surface area (Å²) in [6.07, 6.45) is 9.02. The normalized spacial score (nSPS) is 16.0. The van der Waals surface area contributed by atoms with E-state index in [1.165, 1.54) is 37.7 Å². The van der Waals surface area contributed by atoms with Crippen LogP contribution in [0, 0.1) is 6.92 Å². The summed E-state index contributed by atoms with van der Waals surface area (Å²) in [7, 11) is 1.82. The Labute approximate surface area is 150 Å². The average Bonchev–Trinajstić information content (AvgIpc) is 3.11. The highest BCUT2D eigenvalue weighted by Gasteiger charge is 2.14. The van der Waals surface area contributed by atoms with E-state index in [1.54, 1.807) is 6.26 Å². The molecular formula is C20H28N4O. The molecule has 1 aromatic carbocycles. The highest BCUT2D eigenvalue weighted by molar-refractivity contribution is 5.79. The largest absolute Gasteiger partial charge is 0.444 e. The van der Waals surface area contributed by atoms with Gasteiger partial charge in [-0.25, -0.2) is 4.98 Å². The predicted molar refractivity (Wildman–Crippen MR) is 102 cm³/mol. The maximum Gasteiger partial charge on any atom is 0.226 e. The fraction of sp³-hybridized carbons (Fsp3) is 0.500. The van der Waals surface area contributed by atoms with Gasteiger partial charge in [0.2, 0.25) is 5.89 Å². The van der Waals surface area contributed by atoms with Crippen LogP contribution in [-0.2, 0) is 6.42 Å². The number of nitrogens with zero attached hydrogens (tertiary/aromatic N) is 2. The number of aryl methyl sites for hydroxylation is 1. The minimum Gasteiger partial charge on any atom is -0.444 e. The van der Waals surface area contributed by atoms with Gasteiger partial charge in [-0.2, -0.15) is 0 Å². The lowest BCUT2D eigenvalue weighted by Gasteiger charge is -2.24. The van der Waals surface area contributed by atoms with Gasteiger partial charge in [-0.1, -0.05) is 37.0 Å². The zero-order chi connectivity index (χ0) is 17.5. The molecule has 1 saturated carbocycles. The molecule has 0 radical (unpaired) electrons. The summed E-state index contributed by atoms with van der Waals surface area (Å²) in [5.41, 5.74) is 3.20. The highest BCUT2D eigenvalue weighted by Crippen LogP contribution is 2.19. The van der Waals surface area contributed by atoms with Crippen molar-refractivity contribution in [2.45, 2.75) is 51.5 Å². The van der Waals surface area contributed by atoms with Crippen LogP contribution in [0.3, 0.4) is 0 Å². The molecule has 1 aliphatic carbocycles. The summed E-state index contributed by atoms with van der Waals surface area (Å²) in [5.74, 6) is 1.56. The smallest absolute Gasteiger partial charge is 0.226 e. The van der Waals surface area contributed by atoms with Gasteiger partial charge in [-0.05, 0) is 31.9 Å². The summed E-state index contributed by atoms with van der Waals surface area (Å²) < 4.78 is 5.61. The Morgan fingerprint density at radius 1 is 1.20 bits per heavy atom. The molecule has 1 heterocycles. The van der Waals surface area contributed by atoms with Gasteiger partial charge in [0, 0.05) is 31.6 Å². The fourth-order valence-electron chi connectivity index (χ4n) is 3.19. The van der Waals surface area contributed by atoms with Gasteiger partial charge in [0.25, 0.3) is 0 Å². The van der Waals surface area contributed by atoms with Gasteiger partial charge in [0.1, 0.15) is 6.26 Å². The Morgan fingerprint density at radius 2 is 1.96 bits per heavy atom. The number of guanidine groups is 1. The van der Waals surface area contributed by atoms with E-state index in [-0.39, 0.29) is 0 Å². The van der Waals surface area contributed by atoms with E-state index in [0.29, 0.717) is 11.9 Å². The first-order valence-electron chi connectivity index (χ1n) is 9.23. The van der Waals surface area contributed by atoms with Crippen molar-refractivity contribution in [3.05, 3.63) is 41.8 Å². The number of benzene rings is 1. The van der Waals surface area contributed by atoms with Crippen LogP contribution in [0.4, 0.5) is 0 Å². The molecule has 0 spiro atoms. The zero-order valence-electron chi connectivity index (χ0n) is 15.2. The molecule has 3 rings (SSSR count). The van der Waals surface area contributed by atoms with Crippen molar-refractivity contribution >= 4 is 5.96 Å². The molecule has 0 aliphatic heterocycles. The lowest BCUT2D eigenvalue weighted by atomic mass is 9.96. The van der Waals surface area contributed by atoms with Crippen molar-refractivity contribution in [2.24, 2.45) is 4.99 Å². The molecule has 1 fully saturated rings. The Morgan fingerprint density at radius 3 is 2.68 bits per heavy atom. The van der Waals surface area contributed by atoms with Crippen LogP contribution in [-0.4, -0.2) is 30.6 Å². The van der Waals surface area contributed by atoms with Crippen LogP contribution in [0.1, 0.15) is 43.4 Å². The van der Waals surface area contributed by atoms with Crippen LogP contribution >= 0.6 is 0 Å². The second-order valence-electron chi connectivity index (χ2n) is 6.74. The van der Waals surface area contributed by atoms with Crippen LogP contribution in [0.5, 0.6) is 0 Å². The number of hydrogen-bond donors (Lipinski definition) is 2. The zero-order valence-corrected chi connectivity index (χ0v) is 15.2. The summed E-state index contributed by atoms with van der Waals surface area (Å²) in [6, 6.07) is 8.78. The van der Waals surface area contributed by atoms with Crippen molar-refractivity contribution in [1.82, 2.24) is 15.6 Å². The molecule has 0 saturated heterocycles. The number of aliphatic imine (C=N–C) groups is 1. The van der Waals surface area contributed by atoms with Gasteiger partial charge in [0.15, 0.2) is 5.96 Å². The van der Waals surface area contributed by atoms with E-state index in [0.717, 1.165) is 30.2 Å². The summed E-state index contributed by atoms with van der Waals surface area (Å²) >= 11 is 0. The van der Waals surface area contributed by atoms with Crippen molar-refractivity contribution < 1.29 is 4.42 Å². The second kappa shape index (κ2) is 8.70. The lowest BCUT2D eigenvalue weighted by Crippen LogP contribution is -2.44. The molecule has 0 bridgehead atoms. The molecule has 2 N–H and O–H groups in total. The van der Waals surface area contributed by atoms with Gasteiger partial charge in [0.05, 0.1) is 5.69 Å². The minimum atomic E-state index is 0.556. The quantitative estimate of drug-likeness (QED) is 0.644. The van der Waals surface area contributed by atoms with Crippen LogP contribution < -0.4 is 10.6 Å². The monoisotopic (exact) mass is 340 g/mol. The van der Waals surface area contributed by atoms with Crippen molar-refractivity contribution in [3.8, 4) is 11.5 Å². The SMILES string of the molecule is CN=C(NCCc1coc(-c2ccc(C)cc2)n1)NC1CCCCC1. The molecule has 0 atom stereocenters. The molecule has 5 heteroatoms. The maximum absolute atomic E-state index is 5.61. The van der Waals surface area contributed by atoms with E-state index in [2.05, 4.69) is 39.7 Å². The van der Waals surface area contributed by atoms with Crippen molar-refractivity contribution in [3.63, 3.8) is 0 Å². The first-order valence-corrected chi connectivity index (χ1v) is 9.23. The lowest BCUT2D eigenvalue weighted by molar-refractivity contribution is 0.410. The summed E-state index contributed by atoms with van der Waals surface area (Å²) in [4.78, 5) is 8.91.